The van der Waals surface area contributed by atoms with E-state index in [1.165, 1.54) is 88.6 Å². The lowest BCUT2D eigenvalue weighted by molar-refractivity contribution is 0.767. The zero-order valence-corrected chi connectivity index (χ0v) is 41.3. The first kappa shape index (κ1) is 44.0. The summed E-state index contributed by atoms with van der Waals surface area (Å²) < 4.78 is 2.48. The average molecular weight is 955 g/mol. The van der Waals surface area contributed by atoms with Crippen molar-refractivity contribution in [1.82, 2.24) is 4.57 Å². The van der Waals surface area contributed by atoms with Crippen LogP contribution in [0.4, 0.5) is 17.1 Å². The van der Waals surface area contributed by atoms with Crippen LogP contribution in [0.15, 0.2) is 303 Å². The van der Waals surface area contributed by atoms with Gasteiger partial charge in [-0.25, -0.2) is 0 Å². The number of para-hydroxylation sites is 1. The van der Waals surface area contributed by atoms with Crippen molar-refractivity contribution in [1.29, 1.82) is 0 Å². The fourth-order valence-electron chi connectivity index (χ4n) is 12.0. The Labute approximate surface area is 438 Å². The lowest BCUT2D eigenvalue weighted by Crippen LogP contribution is -2.28. The minimum atomic E-state index is -0.490. The molecule has 0 saturated heterocycles. The molecular weight excluding hydrogens is 905 g/mol. The smallest absolute Gasteiger partial charge is 0.0714 e. The first-order valence-electron chi connectivity index (χ1n) is 25.9. The Hall–Kier alpha value is -9.76. The van der Waals surface area contributed by atoms with E-state index in [0.29, 0.717) is 0 Å². The number of nitrogens with zero attached hydrogens (tertiary/aromatic N) is 2. The fraction of sp³-hybridized carbons (Fsp3) is 0.0137. The third-order valence-corrected chi connectivity index (χ3v) is 15.5. The lowest BCUT2D eigenvalue weighted by Gasteiger charge is -2.34. The van der Waals surface area contributed by atoms with Crippen LogP contribution < -0.4 is 4.90 Å². The molecule has 0 amide bonds. The maximum atomic E-state index is 2.48. The van der Waals surface area contributed by atoms with Crippen LogP contribution in [-0.4, -0.2) is 4.57 Å². The molecule has 352 valence electrons. The number of anilines is 3. The molecule has 2 heteroatoms. The molecule has 0 unspecified atom stereocenters. The molecule has 1 heterocycles. The zero-order valence-electron chi connectivity index (χ0n) is 41.3. The van der Waals surface area contributed by atoms with Gasteiger partial charge in [-0.2, -0.15) is 0 Å². The Morgan fingerprint density at radius 1 is 0.253 bits per heavy atom. The van der Waals surface area contributed by atoms with Crippen molar-refractivity contribution in [3.8, 4) is 61.3 Å². The van der Waals surface area contributed by atoms with Gasteiger partial charge in [-0.3, -0.25) is 0 Å². The molecule has 0 aliphatic heterocycles. The van der Waals surface area contributed by atoms with E-state index in [-0.39, 0.29) is 0 Å². The second kappa shape index (κ2) is 18.4. The molecule has 13 aromatic rings. The number of hydrogen-bond acceptors (Lipinski definition) is 1. The van der Waals surface area contributed by atoms with E-state index in [0.717, 1.165) is 33.9 Å². The van der Waals surface area contributed by atoms with E-state index in [1.807, 2.05) is 0 Å². The molecule has 1 aliphatic rings. The number of fused-ring (bicyclic) bond motifs is 6. The van der Waals surface area contributed by atoms with E-state index in [2.05, 4.69) is 313 Å². The van der Waals surface area contributed by atoms with Gasteiger partial charge in [0.05, 0.1) is 16.4 Å². The summed E-state index contributed by atoms with van der Waals surface area (Å²) in [5, 5.41) is 2.47. The molecule has 12 aromatic carbocycles. The Bertz CT molecular complexity index is 4060. The van der Waals surface area contributed by atoms with Crippen LogP contribution in [-0.2, 0) is 5.41 Å². The highest BCUT2D eigenvalue weighted by atomic mass is 15.1. The molecule has 0 bridgehead atoms. The van der Waals surface area contributed by atoms with Gasteiger partial charge in [-0.05, 0) is 139 Å². The normalized spacial score (nSPS) is 12.4. The summed E-state index contributed by atoms with van der Waals surface area (Å²) in [5.41, 5.74) is 23.5. The van der Waals surface area contributed by atoms with Crippen LogP contribution in [0.5, 0.6) is 0 Å². The quantitative estimate of drug-likeness (QED) is 0.133. The number of hydrogen-bond donors (Lipinski definition) is 0. The maximum Gasteiger partial charge on any atom is 0.0714 e. The van der Waals surface area contributed by atoms with Crippen molar-refractivity contribution in [3.63, 3.8) is 0 Å². The van der Waals surface area contributed by atoms with Gasteiger partial charge in [-0.1, -0.05) is 243 Å². The largest absolute Gasteiger partial charge is 0.310 e. The summed E-state index contributed by atoms with van der Waals surface area (Å²) in [6.45, 7) is 0. The van der Waals surface area contributed by atoms with Gasteiger partial charge < -0.3 is 9.47 Å². The van der Waals surface area contributed by atoms with E-state index >= 15 is 0 Å². The van der Waals surface area contributed by atoms with E-state index in [1.54, 1.807) is 0 Å². The molecule has 75 heavy (non-hydrogen) atoms. The highest BCUT2D eigenvalue weighted by molar-refractivity contribution is 6.10. The standard InChI is InChI=1S/C73H50N2/c1-5-18-51(19-6-1)53-36-41-61(42-37-53)74(62-43-38-54(39-44-62)52-20-7-2-8-21-52)63-27-17-22-57(48-63)55-32-34-56(35-33-55)58-40-46-68-67-29-14-16-31-71(67)75(72(68)49-58)64-45-47-66-65-28-13-15-30-69(65)73(70(66)50-64,59-23-9-3-10-24-59)60-25-11-4-12-26-60/h1-50H. The summed E-state index contributed by atoms with van der Waals surface area (Å²) in [6.07, 6.45) is 0. The average Bonchev–Trinajstić information content (AvgIpc) is 4.00. The van der Waals surface area contributed by atoms with Crippen molar-refractivity contribution in [2.75, 3.05) is 4.90 Å². The van der Waals surface area contributed by atoms with Crippen molar-refractivity contribution in [3.05, 3.63) is 326 Å². The first-order valence-corrected chi connectivity index (χ1v) is 25.9. The second-order valence-corrected chi connectivity index (χ2v) is 19.6. The van der Waals surface area contributed by atoms with E-state index < -0.39 is 5.41 Å². The number of aromatic nitrogens is 1. The minimum Gasteiger partial charge on any atom is -0.310 e. The monoisotopic (exact) mass is 954 g/mol. The minimum absolute atomic E-state index is 0.490. The Kier molecular flexibility index (Phi) is 10.8. The van der Waals surface area contributed by atoms with Gasteiger partial charge in [-0.15, -0.1) is 0 Å². The van der Waals surface area contributed by atoms with Crippen molar-refractivity contribution in [2.45, 2.75) is 5.41 Å². The van der Waals surface area contributed by atoms with Gasteiger partial charge >= 0.3 is 0 Å². The van der Waals surface area contributed by atoms with E-state index in [9.17, 15) is 0 Å². The van der Waals surface area contributed by atoms with Crippen molar-refractivity contribution < 1.29 is 0 Å². The van der Waals surface area contributed by atoms with Gasteiger partial charge in [0, 0.05) is 33.5 Å². The molecule has 0 atom stereocenters. The van der Waals surface area contributed by atoms with Crippen LogP contribution in [0, 0.1) is 0 Å². The second-order valence-electron chi connectivity index (χ2n) is 19.6. The number of benzene rings is 12. The predicted octanol–water partition coefficient (Wildman–Crippen LogP) is 19.3. The molecule has 0 spiro atoms. The zero-order chi connectivity index (χ0) is 49.7. The topological polar surface area (TPSA) is 8.17 Å². The van der Waals surface area contributed by atoms with Gasteiger partial charge in [0.2, 0.25) is 0 Å². The molecule has 14 rings (SSSR count). The predicted molar refractivity (Wildman–Crippen MR) is 315 cm³/mol. The van der Waals surface area contributed by atoms with Gasteiger partial charge in [0.15, 0.2) is 0 Å². The van der Waals surface area contributed by atoms with Crippen LogP contribution in [0.25, 0.3) is 83.1 Å². The third kappa shape index (κ3) is 7.49. The highest BCUT2D eigenvalue weighted by Crippen LogP contribution is 2.56. The van der Waals surface area contributed by atoms with Crippen LogP contribution in [0.1, 0.15) is 22.3 Å². The summed E-state index contributed by atoms with van der Waals surface area (Å²) in [5.74, 6) is 0. The van der Waals surface area contributed by atoms with Crippen LogP contribution in [0.3, 0.4) is 0 Å². The summed E-state index contributed by atoms with van der Waals surface area (Å²) in [7, 11) is 0. The van der Waals surface area contributed by atoms with Crippen LogP contribution in [0.2, 0.25) is 0 Å². The highest BCUT2D eigenvalue weighted by Gasteiger charge is 2.46. The van der Waals surface area contributed by atoms with Gasteiger partial charge in [0.25, 0.3) is 0 Å². The summed E-state index contributed by atoms with van der Waals surface area (Å²) in [4.78, 5) is 2.36. The number of rotatable bonds is 10. The molecule has 0 fully saturated rings. The first-order chi connectivity index (χ1) is 37.2. The Morgan fingerprint density at radius 2 is 0.693 bits per heavy atom. The lowest BCUT2D eigenvalue weighted by atomic mass is 9.67. The molecular formula is C73H50N2. The molecule has 0 saturated carbocycles. The van der Waals surface area contributed by atoms with Crippen LogP contribution >= 0.6 is 0 Å². The fourth-order valence-corrected chi connectivity index (χ4v) is 12.0. The maximum absolute atomic E-state index is 2.48. The summed E-state index contributed by atoms with van der Waals surface area (Å²) in [6, 6.07) is 111. The molecule has 0 N–H and O–H groups in total. The third-order valence-electron chi connectivity index (χ3n) is 15.5. The van der Waals surface area contributed by atoms with E-state index in [4.69, 9.17) is 0 Å². The van der Waals surface area contributed by atoms with Gasteiger partial charge in [0.1, 0.15) is 0 Å². The molecule has 1 aliphatic carbocycles. The summed E-state index contributed by atoms with van der Waals surface area (Å²) >= 11 is 0. The van der Waals surface area contributed by atoms with Crippen molar-refractivity contribution in [2.24, 2.45) is 0 Å². The molecule has 1 aromatic heterocycles. The van der Waals surface area contributed by atoms with Crippen molar-refractivity contribution >= 4 is 38.9 Å². The Balaban J connectivity index is 0.841. The molecule has 0 radical (unpaired) electrons. The Morgan fingerprint density at radius 3 is 1.31 bits per heavy atom. The molecule has 2 nitrogen and oxygen atoms in total. The SMILES string of the molecule is c1ccc(-c2ccc(N(c3ccc(-c4ccccc4)cc3)c3cccc(-c4ccc(-c5ccc6c7ccccc7n(-c7ccc8c(c7)C(c7ccccc7)(c7ccccc7)c7ccccc7-8)c6c5)cc4)c3)cc2)cc1.